The number of Topliss-reactive ketones (excluding diaryl/α,β-unsaturated/α-hetero) is 1. The number of aliphatic hydroxyl groups excluding tert-OH is 1. The molecule has 1 atom stereocenters. The van der Waals surface area contributed by atoms with Crippen molar-refractivity contribution in [3.05, 3.63) is 88.5 Å². The van der Waals surface area contributed by atoms with Crippen molar-refractivity contribution in [3.8, 4) is 23.0 Å². The summed E-state index contributed by atoms with van der Waals surface area (Å²) >= 11 is 0. The molecule has 1 heterocycles. The number of nitrogens with zero attached hydrogens (tertiary/aromatic N) is 1. The second-order valence-corrected chi connectivity index (χ2v) is 8.70. The number of ether oxygens (including phenoxy) is 3. The molecule has 1 aliphatic rings. The average molecular weight is 504 g/mol. The Kier molecular flexibility index (Phi) is 7.38. The summed E-state index contributed by atoms with van der Waals surface area (Å²) < 4.78 is 15.9. The van der Waals surface area contributed by atoms with Gasteiger partial charge in [0.2, 0.25) is 0 Å². The lowest BCUT2D eigenvalue weighted by molar-refractivity contribution is -0.139. The standard InChI is InChI=1S/C29H29NO7/c1-17-15-21(35-2)10-11-22(17)27(32)25-26(19-6-8-20(31)9-7-19)30(29(34)28(25)33)14-13-18-5-12-23(36-3)24(16-18)37-4/h5-12,15-16,26,31-32H,13-14H2,1-4H3/b27-25-. The number of carbonyl (C=O) groups excluding carboxylic acids is 2. The molecular weight excluding hydrogens is 474 g/mol. The molecule has 2 N–H and O–H groups in total. The molecule has 4 rings (SSSR count). The van der Waals surface area contributed by atoms with Crippen LogP contribution in [0.4, 0.5) is 0 Å². The van der Waals surface area contributed by atoms with Crippen LogP contribution in [-0.4, -0.2) is 54.7 Å². The van der Waals surface area contributed by atoms with Crippen LogP contribution in [0.1, 0.15) is 28.3 Å². The van der Waals surface area contributed by atoms with Crippen molar-refractivity contribution in [1.29, 1.82) is 0 Å². The summed E-state index contributed by atoms with van der Waals surface area (Å²) in [5.74, 6) is 0.0869. The minimum atomic E-state index is -0.831. The lowest BCUT2D eigenvalue weighted by atomic mass is 9.93. The molecule has 3 aromatic rings. The summed E-state index contributed by atoms with van der Waals surface area (Å²) in [5.41, 5.74) is 2.60. The molecule has 0 saturated carbocycles. The first-order valence-electron chi connectivity index (χ1n) is 11.7. The summed E-state index contributed by atoms with van der Waals surface area (Å²) in [5, 5.41) is 21.1. The Morgan fingerprint density at radius 3 is 2.22 bits per heavy atom. The molecular formula is C29H29NO7. The molecule has 1 fully saturated rings. The Labute approximate surface area is 215 Å². The van der Waals surface area contributed by atoms with Crippen LogP contribution in [0.15, 0.2) is 66.2 Å². The van der Waals surface area contributed by atoms with Gasteiger partial charge < -0.3 is 29.3 Å². The van der Waals surface area contributed by atoms with Gasteiger partial charge in [-0.2, -0.15) is 0 Å². The first-order chi connectivity index (χ1) is 17.8. The van der Waals surface area contributed by atoms with Crippen LogP contribution in [0.5, 0.6) is 23.0 Å². The van der Waals surface area contributed by atoms with Crippen LogP contribution in [0, 0.1) is 6.92 Å². The van der Waals surface area contributed by atoms with E-state index in [1.165, 1.54) is 17.0 Å². The van der Waals surface area contributed by atoms with E-state index < -0.39 is 17.7 Å². The molecule has 8 heteroatoms. The van der Waals surface area contributed by atoms with Gasteiger partial charge in [0.1, 0.15) is 17.3 Å². The normalized spacial score (nSPS) is 16.6. The highest BCUT2D eigenvalue weighted by atomic mass is 16.5. The number of aliphatic hydroxyl groups is 1. The molecule has 0 aliphatic carbocycles. The average Bonchev–Trinajstić information content (AvgIpc) is 3.16. The lowest BCUT2D eigenvalue weighted by Crippen LogP contribution is -2.31. The number of aryl methyl sites for hydroxylation is 1. The SMILES string of the molecule is COc1ccc(/C(O)=C2/C(=O)C(=O)N(CCc3ccc(OC)c(OC)c3)C2c2ccc(O)cc2)c(C)c1. The number of aromatic hydroxyl groups is 1. The van der Waals surface area contributed by atoms with E-state index in [2.05, 4.69) is 0 Å². The smallest absolute Gasteiger partial charge is 0.295 e. The Hall–Kier alpha value is -4.46. The molecule has 0 radical (unpaired) electrons. The van der Waals surface area contributed by atoms with Crippen molar-refractivity contribution in [1.82, 2.24) is 4.90 Å². The first-order valence-corrected chi connectivity index (χ1v) is 11.7. The van der Waals surface area contributed by atoms with E-state index in [0.717, 1.165) is 5.56 Å². The van der Waals surface area contributed by atoms with Crippen LogP contribution in [0.25, 0.3) is 5.76 Å². The molecule has 1 aliphatic heterocycles. The third-order valence-electron chi connectivity index (χ3n) is 6.53. The molecule has 0 aromatic heterocycles. The monoisotopic (exact) mass is 503 g/mol. The van der Waals surface area contributed by atoms with Crippen molar-refractivity contribution in [3.63, 3.8) is 0 Å². The third kappa shape index (κ3) is 4.95. The van der Waals surface area contributed by atoms with E-state index in [0.29, 0.717) is 40.4 Å². The van der Waals surface area contributed by atoms with Crippen molar-refractivity contribution in [2.45, 2.75) is 19.4 Å². The van der Waals surface area contributed by atoms with Gasteiger partial charge in [0.25, 0.3) is 11.7 Å². The second kappa shape index (κ2) is 10.7. The van der Waals surface area contributed by atoms with Crippen LogP contribution in [0.3, 0.4) is 0 Å². The molecule has 192 valence electrons. The van der Waals surface area contributed by atoms with Crippen LogP contribution < -0.4 is 14.2 Å². The predicted octanol–water partition coefficient (Wildman–Crippen LogP) is 4.39. The van der Waals surface area contributed by atoms with Gasteiger partial charge in [0.05, 0.1) is 32.9 Å². The quantitative estimate of drug-likeness (QED) is 0.267. The van der Waals surface area contributed by atoms with Crippen molar-refractivity contribution in [2.75, 3.05) is 27.9 Å². The molecule has 37 heavy (non-hydrogen) atoms. The highest BCUT2D eigenvalue weighted by molar-refractivity contribution is 6.46. The topological polar surface area (TPSA) is 106 Å². The van der Waals surface area contributed by atoms with E-state index in [4.69, 9.17) is 14.2 Å². The van der Waals surface area contributed by atoms with Crippen LogP contribution in [-0.2, 0) is 16.0 Å². The largest absolute Gasteiger partial charge is 0.508 e. The molecule has 1 saturated heterocycles. The molecule has 0 spiro atoms. The Balaban J connectivity index is 1.76. The summed E-state index contributed by atoms with van der Waals surface area (Å²) in [4.78, 5) is 28.0. The summed E-state index contributed by atoms with van der Waals surface area (Å²) in [6.07, 6.45) is 0.434. The van der Waals surface area contributed by atoms with Gasteiger partial charge in [-0.25, -0.2) is 0 Å². The first kappa shape index (κ1) is 25.6. The van der Waals surface area contributed by atoms with E-state index in [-0.39, 0.29) is 23.6 Å². The van der Waals surface area contributed by atoms with Crippen LogP contribution in [0.2, 0.25) is 0 Å². The maximum Gasteiger partial charge on any atom is 0.295 e. The number of benzene rings is 3. The van der Waals surface area contributed by atoms with E-state index >= 15 is 0 Å². The molecule has 8 nitrogen and oxygen atoms in total. The summed E-state index contributed by atoms with van der Waals surface area (Å²) in [6, 6.07) is 16.0. The number of rotatable bonds is 8. The fourth-order valence-corrected chi connectivity index (χ4v) is 4.57. The van der Waals surface area contributed by atoms with Gasteiger partial charge in [-0.15, -0.1) is 0 Å². The van der Waals surface area contributed by atoms with Gasteiger partial charge in [-0.3, -0.25) is 9.59 Å². The highest BCUT2D eigenvalue weighted by Gasteiger charge is 2.46. The van der Waals surface area contributed by atoms with Gasteiger partial charge >= 0.3 is 0 Å². The van der Waals surface area contributed by atoms with Gasteiger partial charge in [-0.05, 0) is 72.5 Å². The number of phenols is 1. The van der Waals surface area contributed by atoms with Crippen LogP contribution >= 0.6 is 0 Å². The van der Waals surface area contributed by atoms with Crippen molar-refractivity contribution < 1.29 is 34.0 Å². The fraction of sp³-hybridized carbons (Fsp3) is 0.241. The fourth-order valence-electron chi connectivity index (χ4n) is 4.57. The summed E-state index contributed by atoms with van der Waals surface area (Å²) in [6.45, 7) is 2.00. The molecule has 0 bridgehead atoms. The zero-order chi connectivity index (χ0) is 26.7. The molecule has 3 aromatic carbocycles. The second-order valence-electron chi connectivity index (χ2n) is 8.70. The number of carbonyl (C=O) groups is 2. The zero-order valence-electron chi connectivity index (χ0n) is 21.1. The highest BCUT2D eigenvalue weighted by Crippen LogP contribution is 2.40. The lowest BCUT2D eigenvalue weighted by Gasteiger charge is -2.25. The van der Waals surface area contributed by atoms with Gasteiger partial charge in [-0.1, -0.05) is 18.2 Å². The minimum Gasteiger partial charge on any atom is -0.508 e. The number of phenolic OH excluding ortho intramolecular Hbond substituents is 1. The zero-order valence-corrected chi connectivity index (χ0v) is 21.1. The minimum absolute atomic E-state index is 0.00346. The van der Waals surface area contributed by atoms with Crippen molar-refractivity contribution >= 4 is 17.4 Å². The van der Waals surface area contributed by atoms with Gasteiger partial charge in [0.15, 0.2) is 11.5 Å². The maximum absolute atomic E-state index is 13.3. The number of hydrogen-bond donors (Lipinski definition) is 2. The maximum atomic E-state index is 13.3. The third-order valence-corrected chi connectivity index (χ3v) is 6.53. The number of methoxy groups -OCH3 is 3. The number of amides is 1. The van der Waals surface area contributed by atoms with Crippen molar-refractivity contribution in [2.24, 2.45) is 0 Å². The Morgan fingerprint density at radius 2 is 1.59 bits per heavy atom. The number of ketones is 1. The van der Waals surface area contributed by atoms with E-state index in [9.17, 15) is 19.8 Å². The Morgan fingerprint density at radius 1 is 0.892 bits per heavy atom. The van der Waals surface area contributed by atoms with Gasteiger partial charge in [0, 0.05) is 12.1 Å². The predicted molar refractivity (Wildman–Crippen MR) is 138 cm³/mol. The molecule has 1 amide bonds. The summed E-state index contributed by atoms with van der Waals surface area (Å²) in [7, 11) is 4.65. The van der Waals surface area contributed by atoms with E-state index in [1.54, 1.807) is 64.7 Å². The Bertz CT molecular complexity index is 1360. The molecule has 1 unspecified atom stereocenters. The number of hydrogen-bond acceptors (Lipinski definition) is 7. The number of likely N-dealkylation sites (tertiary alicyclic amines) is 1. The van der Waals surface area contributed by atoms with E-state index in [1.807, 2.05) is 12.1 Å².